The molecule has 34 heavy (non-hydrogen) atoms. The Labute approximate surface area is 199 Å². The third-order valence-corrected chi connectivity index (χ3v) is 7.16. The van der Waals surface area contributed by atoms with E-state index in [1.807, 2.05) is 36.1 Å². The van der Waals surface area contributed by atoms with Gasteiger partial charge in [0.2, 0.25) is 0 Å². The zero-order chi connectivity index (χ0) is 23.9. The molecule has 0 aromatic heterocycles. The lowest BCUT2D eigenvalue weighted by Gasteiger charge is -2.40. The lowest BCUT2D eigenvalue weighted by Crippen LogP contribution is -2.46. The Morgan fingerprint density at radius 3 is 2.24 bits per heavy atom. The van der Waals surface area contributed by atoms with E-state index in [2.05, 4.69) is 35.3 Å². The standard InChI is InChI=1S/C28H29F2N3O/c1-19-3-6-24(7-4-19)31-27(34)33-18-28(25-13-20(2)5-8-26(25)33)9-11-32(12-10-28)17-21-14-22(29)16-23(30)15-21/h3-8,13-16H,9-12,17-18H2,1-2H3,(H,31,34). The molecule has 1 N–H and O–H groups in total. The van der Waals surface area contributed by atoms with E-state index in [9.17, 15) is 13.6 Å². The van der Waals surface area contributed by atoms with Crippen molar-refractivity contribution >= 4 is 17.4 Å². The molecule has 2 aliphatic rings. The molecule has 0 aliphatic carbocycles. The molecule has 0 atom stereocenters. The van der Waals surface area contributed by atoms with Crippen LogP contribution in [0.25, 0.3) is 0 Å². The van der Waals surface area contributed by atoms with Gasteiger partial charge in [0.05, 0.1) is 0 Å². The number of hydrogen-bond acceptors (Lipinski definition) is 2. The van der Waals surface area contributed by atoms with Crippen LogP contribution in [0.15, 0.2) is 60.7 Å². The summed E-state index contributed by atoms with van der Waals surface area (Å²) in [5.74, 6) is -1.09. The van der Waals surface area contributed by atoms with Crippen LogP contribution in [0.4, 0.5) is 25.0 Å². The zero-order valence-electron chi connectivity index (χ0n) is 19.6. The number of nitrogens with zero attached hydrogens (tertiary/aromatic N) is 2. The van der Waals surface area contributed by atoms with Gasteiger partial charge in [-0.1, -0.05) is 35.4 Å². The second-order valence-corrected chi connectivity index (χ2v) is 9.74. The van der Waals surface area contributed by atoms with Crippen molar-refractivity contribution in [2.45, 2.75) is 38.6 Å². The Morgan fingerprint density at radius 2 is 1.56 bits per heavy atom. The smallest absolute Gasteiger partial charge is 0.308 e. The third kappa shape index (κ3) is 4.42. The highest BCUT2D eigenvalue weighted by atomic mass is 19.1. The number of amides is 2. The van der Waals surface area contributed by atoms with E-state index >= 15 is 0 Å². The van der Waals surface area contributed by atoms with E-state index < -0.39 is 11.6 Å². The van der Waals surface area contributed by atoms with E-state index in [1.54, 1.807) is 0 Å². The van der Waals surface area contributed by atoms with Crippen molar-refractivity contribution in [1.29, 1.82) is 0 Å². The van der Waals surface area contributed by atoms with E-state index in [-0.39, 0.29) is 11.4 Å². The number of urea groups is 1. The maximum Gasteiger partial charge on any atom is 0.326 e. The molecule has 0 saturated carbocycles. The van der Waals surface area contributed by atoms with Gasteiger partial charge in [-0.15, -0.1) is 0 Å². The second kappa shape index (κ2) is 8.84. The minimum atomic E-state index is -0.543. The van der Waals surface area contributed by atoms with Gasteiger partial charge in [0, 0.05) is 35.9 Å². The molecule has 1 fully saturated rings. The summed E-state index contributed by atoms with van der Waals surface area (Å²) in [6.45, 7) is 6.86. The van der Waals surface area contributed by atoms with Crippen LogP contribution in [0.5, 0.6) is 0 Å². The van der Waals surface area contributed by atoms with E-state index in [4.69, 9.17) is 0 Å². The van der Waals surface area contributed by atoms with Crippen LogP contribution >= 0.6 is 0 Å². The quantitative estimate of drug-likeness (QED) is 0.507. The first kappa shape index (κ1) is 22.5. The summed E-state index contributed by atoms with van der Waals surface area (Å²) < 4.78 is 27.2. The van der Waals surface area contributed by atoms with Gasteiger partial charge in [-0.25, -0.2) is 13.6 Å². The summed E-state index contributed by atoms with van der Waals surface area (Å²) >= 11 is 0. The molecule has 3 aromatic carbocycles. The molecule has 1 spiro atoms. The summed E-state index contributed by atoms with van der Waals surface area (Å²) in [7, 11) is 0. The molecule has 6 heteroatoms. The van der Waals surface area contributed by atoms with Gasteiger partial charge in [0.25, 0.3) is 0 Å². The second-order valence-electron chi connectivity index (χ2n) is 9.74. The number of likely N-dealkylation sites (tertiary alicyclic amines) is 1. The maximum absolute atomic E-state index is 13.6. The molecule has 1 saturated heterocycles. The van der Waals surface area contributed by atoms with Crippen molar-refractivity contribution in [1.82, 2.24) is 4.90 Å². The number of anilines is 2. The van der Waals surface area contributed by atoms with Crippen molar-refractivity contribution in [2.75, 3.05) is 29.9 Å². The van der Waals surface area contributed by atoms with Crippen LogP contribution in [0, 0.1) is 25.5 Å². The summed E-state index contributed by atoms with van der Waals surface area (Å²) in [5.41, 5.74) is 5.83. The average Bonchev–Trinajstić information content (AvgIpc) is 3.10. The molecule has 4 nitrogen and oxygen atoms in total. The molecule has 5 rings (SSSR count). The molecule has 176 valence electrons. The molecule has 0 radical (unpaired) electrons. The van der Waals surface area contributed by atoms with Gasteiger partial charge in [-0.3, -0.25) is 9.80 Å². The largest absolute Gasteiger partial charge is 0.326 e. The monoisotopic (exact) mass is 461 g/mol. The fourth-order valence-electron chi connectivity index (χ4n) is 5.32. The molecule has 3 aromatic rings. The van der Waals surface area contributed by atoms with E-state index in [0.717, 1.165) is 48.9 Å². The molecule has 0 unspecified atom stereocenters. The predicted octanol–water partition coefficient (Wildman–Crippen LogP) is 6.17. The zero-order valence-corrected chi connectivity index (χ0v) is 19.6. The number of hydrogen-bond donors (Lipinski definition) is 1. The maximum atomic E-state index is 13.6. The van der Waals surface area contributed by atoms with Crippen molar-refractivity contribution < 1.29 is 13.6 Å². The molecule has 2 aliphatic heterocycles. The van der Waals surface area contributed by atoms with Gasteiger partial charge >= 0.3 is 6.03 Å². The van der Waals surface area contributed by atoms with Crippen molar-refractivity contribution in [2.24, 2.45) is 0 Å². The minimum Gasteiger partial charge on any atom is -0.308 e. The first-order chi connectivity index (χ1) is 16.3. The Kier molecular flexibility index (Phi) is 5.86. The van der Waals surface area contributed by atoms with E-state index in [1.165, 1.54) is 23.3 Å². The normalized spacial score (nSPS) is 17.1. The van der Waals surface area contributed by atoms with Crippen molar-refractivity contribution in [3.05, 3.63) is 94.6 Å². The first-order valence-electron chi connectivity index (χ1n) is 11.7. The number of aryl methyl sites for hydroxylation is 2. The number of fused-ring (bicyclic) bond motifs is 2. The van der Waals surface area contributed by atoms with Gasteiger partial charge in [0.1, 0.15) is 11.6 Å². The number of rotatable bonds is 3. The summed E-state index contributed by atoms with van der Waals surface area (Å²) in [6, 6.07) is 17.7. The highest BCUT2D eigenvalue weighted by Crippen LogP contribution is 2.47. The van der Waals surface area contributed by atoms with Gasteiger partial charge < -0.3 is 5.32 Å². The fourth-order valence-corrected chi connectivity index (χ4v) is 5.32. The lowest BCUT2D eigenvalue weighted by molar-refractivity contribution is 0.159. The third-order valence-electron chi connectivity index (χ3n) is 7.16. The van der Waals surface area contributed by atoms with Crippen molar-refractivity contribution in [3.8, 4) is 0 Å². The van der Waals surface area contributed by atoms with Crippen LogP contribution in [-0.2, 0) is 12.0 Å². The molecule has 2 heterocycles. The van der Waals surface area contributed by atoms with Gasteiger partial charge in [-0.2, -0.15) is 0 Å². The van der Waals surface area contributed by atoms with Crippen LogP contribution in [0.1, 0.15) is 35.1 Å². The molecule has 0 bridgehead atoms. The van der Waals surface area contributed by atoms with Crippen LogP contribution < -0.4 is 10.2 Å². The summed E-state index contributed by atoms with van der Waals surface area (Å²) in [4.78, 5) is 17.4. The first-order valence-corrected chi connectivity index (χ1v) is 11.7. The number of piperidine rings is 1. The van der Waals surface area contributed by atoms with Crippen LogP contribution in [0.2, 0.25) is 0 Å². The Bertz CT molecular complexity index is 1200. The SMILES string of the molecule is Cc1ccc(NC(=O)N2CC3(CCN(Cc4cc(F)cc(F)c4)CC3)c3cc(C)ccc32)cc1. The Balaban J connectivity index is 1.34. The predicted molar refractivity (Wildman–Crippen MR) is 131 cm³/mol. The number of nitrogens with one attached hydrogen (secondary N) is 1. The highest BCUT2D eigenvalue weighted by molar-refractivity contribution is 6.03. The topological polar surface area (TPSA) is 35.6 Å². The molecule has 2 amide bonds. The summed E-state index contributed by atoms with van der Waals surface area (Å²) in [6.07, 6.45) is 1.77. The van der Waals surface area contributed by atoms with Gasteiger partial charge in [0.15, 0.2) is 0 Å². The van der Waals surface area contributed by atoms with Crippen molar-refractivity contribution in [3.63, 3.8) is 0 Å². The Morgan fingerprint density at radius 1 is 0.912 bits per heavy atom. The van der Waals surface area contributed by atoms with Crippen LogP contribution in [-0.4, -0.2) is 30.6 Å². The number of benzene rings is 3. The number of halogens is 2. The lowest BCUT2D eigenvalue weighted by atomic mass is 9.74. The fraction of sp³-hybridized carbons (Fsp3) is 0.321. The average molecular weight is 462 g/mol. The van der Waals surface area contributed by atoms with Gasteiger partial charge in [-0.05, 0) is 81.2 Å². The van der Waals surface area contributed by atoms with Crippen LogP contribution in [0.3, 0.4) is 0 Å². The highest BCUT2D eigenvalue weighted by Gasteiger charge is 2.46. The number of carbonyl (C=O) groups is 1. The molecular formula is C28H29F2N3O. The molecular weight excluding hydrogens is 432 g/mol. The number of carbonyl (C=O) groups excluding carboxylic acids is 1. The summed E-state index contributed by atoms with van der Waals surface area (Å²) in [5, 5.41) is 3.05. The minimum absolute atomic E-state index is 0.115. The Hall–Kier alpha value is -3.25. The van der Waals surface area contributed by atoms with E-state index in [0.29, 0.717) is 18.7 Å².